The third-order valence-corrected chi connectivity index (χ3v) is 1.55. The molecule has 1 N–H and O–H groups in total. The summed E-state index contributed by atoms with van der Waals surface area (Å²) < 4.78 is 0. The molecule has 5 nitrogen and oxygen atoms in total. The van der Waals surface area contributed by atoms with Crippen molar-refractivity contribution in [3.05, 3.63) is 34.4 Å². The lowest BCUT2D eigenvalue weighted by Gasteiger charge is -2.19. The number of rotatable bonds is 3. The van der Waals surface area contributed by atoms with Crippen LogP contribution in [0.15, 0.2) is 24.3 Å². The number of nitro benzene ring substituents is 1. The van der Waals surface area contributed by atoms with Crippen LogP contribution in [-0.2, 0) is 4.84 Å². The van der Waals surface area contributed by atoms with Crippen molar-refractivity contribution < 1.29 is 9.76 Å². The maximum Gasteiger partial charge on any atom is 0.269 e. The van der Waals surface area contributed by atoms with Crippen LogP contribution in [-0.4, -0.2) is 10.5 Å². The molecule has 0 heterocycles. The van der Waals surface area contributed by atoms with Gasteiger partial charge in [-0.3, -0.25) is 20.4 Å². The van der Waals surface area contributed by atoms with Gasteiger partial charge >= 0.3 is 0 Å². The molecule has 0 fully saturated rings. The molecule has 5 heteroatoms. The van der Waals surface area contributed by atoms with Gasteiger partial charge in [-0.15, -0.1) is 0 Å². The van der Waals surface area contributed by atoms with Crippen molar-refractivity contribution in [1.82, 2.24) is 0 Å². The Morgan fingerprint density at radius 3 is 2.20 bits per heavy atom. The Labute approximate surface area is 88.2 Å². The number of hydrogen-bond acceptors (Lipinski definition) is 4. The van der Waals surface area contributed by atoms with Crippen molar-refractivity contribution in [3.63, 3.8) is 0 Å². The Hall–Kier alpha value is -1.62. The molecule has 1 rings (SSSR count). The zero-order valence-corrected chi connectivity index (χ0v) is 8.98. The Morgan fingerprint density at radius 1 is 1.27 bits per heavy atom. The molecule has 1 aromatic carbocycles. The van der Waals surface area contributed by atoms with Crippen molar-refractivity contribution in [2.75, 3.05) is 5.48 Å². The Morgan fingerprint density at radius 2 is 1.80 bits per heavy atom. The Bertz CT molecular complexity index is 341. The fraction of sp³-hybridized carbons (Fsp3) is 0.400. The fourth-order valence-corrected chi connectivity index (χ4v) is 0.863. The van der Waals surface area contributed by atoms with E-state index in [4.69, 9.17) is 4.84 Å². The van der Waals surface area contributed by atoms with Crippen molar-refractivity contribution >= 4 is 11.4 Å². The zero-order valence-electron chi connectivity index (χ0n) is 8.98. The van der Waals surface area contributed by atoms with Gasteiger partial charge in [0.25, 0.3) is 5.69 Å². The minimum absolute atomic E-state index is 0.0660. The second-order valence-corrected chi connectivity index (χ2v) is 4.12. The molecule has 0 aromatic heterocycles. The molecule has 0 aliphatic heterocycles. The predicted molar refractivity (Wildman–Crippen MR) is 57.6 cm³/mol. The third kappa shape index (κ3) is 3.95. The van der Waals surface area contributed by atoms with E-state index in [2.05, 4.69) is 5.48 Å². The van der Waals surface area contributed by atoms with Crippen LogP contribution < -0.4 is 5.48 Å². The minimum atomic E-state index is -0.436. The summed E-state index contributed by atoms with van der Waals surface area (Å²) in [5.74, 6) is 0. The largest absolute Gasteiger partial charge is 0.270 e. The van der Waals surface area contributed by atoms with Gasteiger partial charge in [-0.1, -0.05) is 0 Å². The number of nitro groups is 1. The van der Waals surface area contributed by atoms with E-state index >= 15 is 0 Å². The zero-order chi connectivity index (χ0) is 11.5. The van der Waals surface area contributed by atoms with Crippen LogP contribution in [0.2, 0.25) is 0 Å². The summed E-state index contributed by atoms with van der Waals surface area (Å²) in [6.45, 7) is 5.72. The highest BCUT2D eigenvalue weighted by Crippen LogP contribution is 2.17. The summed E-state index contributed by atoms with van der Waals surface area (Å²) in [6.07, 6.45) is 0. The summed E-state index contributed by atoms with van der Waals surface area (Å²) in [7, 11) is 0. The number of hydrogen-bond donors (Lipinski definition) is 1. The molecular weight excluding hydrogens is 196 g/mol. The smallest absolute Gasteiger partial charge is 0.269 e. The molecule has 0 aliphatic carbocycles. The first-order valence-corrected chi connectivity index (χ1v) is 4.57. The molecule has 0 saturated heterocycles. The lowest BCUT2D eigenvalue weighted by atomic mass is 10.2. The SMILES string of the molecule is CC(C)(C)ONc1ccc([N+](=O)[O-])cc1. The molecule has 0 atom stereocenters. The van der Waals surface area contributed by atoms with Crippen molar-refractivity contribution in [1.29, 1.82) is 0 Å². The van der Waals surface area contributed by atoms with Crippen molar-refractivity contribution in [2.45, 2.75) is 26.4 Å². The molecule has 82 valence electrons. The van der Waals surface area contributed by atoms with Gasteiger partial charge in [0.15, 0.2) is 0 Å². The van der Waals surface area contributed by atoms with E-state index in [1.54, 1.807) is 12.1 Å². The van der Waals surface area contributed by atoms with Crippen LogP contribution in [0.25, 0.3) is 0 Å². The number of non-ortho nitro benzene ring substituents is 1. The van der Waals surface area contributed by atoms with Crippen molar-refractivity contribution in [3.8, 4) is 0 Å². The first-order valence-electron chi connectivity index (χ1n) is 4.57. The van der Waals surface area contributed by atoms with Gasteiger partial charge in [0.05, 0.1) is 16.2 Å². The molecule has 0 radical (unpaired) electrons. The van der Waals surface area contributed by atoms with Gasteiger partial charge in [0.2, 0.25) is 0 Å². The van der Waals surface area contributed by atoms with Gasteiger partial charge in [0, 0.05) is 12.1 Å². The van der Waals surface area contributed by atoms with Crippen LogP contribution in [0.4, 0.5) is 11.4 Å². The second kappa shape index (κ2) is 4.27. The number of benzene rings is 1. The van der Waals surface area contributed by atoms with Gasteiger partial charge in [0.1, 0.15) is 0 Å². The molecule has 15 heavy (non-hydrogen) atoms. The lowest BCUT2D eigenvalue weighted by Crippen LogP contribution is -2.22. The van der Waals surface area contributed by atoms with Crippen LogP contribution >= 0.6 is 0 Å². The van der Waals surface area contributed by atoms with E-state index in [1.807, 2.05) is 20.8 Å². The molecule has 0 spiro atoms. The van der Waals surface area contributed by atoms with E-state index in [0.717, 1.165) is 0 Å². The lowest BCUT2D eigenvalue weighted by molar-refractivity contribution is -0.384. The normalized spacial score (nSPS) is 11.1. The summed E-state index contributed by atoms with van der Waals surface area (Å²) in [5, 5.41) is 10.4. The van der Waals surface area contributed by atoms with Gasteiger partial charge in [-0.2, -0.15) is 0 Å². The molecule has 0 amide bonds. The topological polar surface area (TPSA) is 64.4 Å². The molecule has 0 unspecified atom stereocenters. The average molecular weight is 210 g/mol. The second-order valence-electron chi connectivity index (χ2n) is 4.12. The minimum Gasteiger partial charge on any atom is -0.270 e. The number of anilines is 1. The Kier molecular flexibility index (Phi) is 3.26. The van der Waals surface area contributed by atoms with Gasteiger partial charge < -0.3 is 0 Å². The van der Waals surface area contributed by atoms with E-state index in [-0.39, 0.29) is 11.3 Å². The average Bonchev–Trinajstić information content (AvgIpc) is 2.14. The highest BCUT2D eigenvalue weighted by Gasteiger charge is 2.10. The summed E-state index contributed by atoms with van der Waals surface area (Å²) >= 11 is 0. The van der Waals surface area contributed by atoms with Gasteiger partial charge in [-0.25, -0.2) is 0 Å². The third-order valence-electron chi connectivity index (χ3n) is 1.55. The van der Waals surface area contributed by atoms with Crippen LogP contribution in [0.3, 0.4) is 0 Å². The van der Waals surface area contributed by atoms with E-state index in [9.17, 15) is 10.1 Å². The molecular formula is C10H14N2O3. The molecule has 0 bridgehead atoms. The summed E-state index contributed by atoms with van der Waals surface area (Å²) in [4.78, 5) is 15.2. The highest BCUT2D eigenvalue weighted by molar-refractivity contribution is 5.46. The first kappa shape index (κ1) is 11.5. The van der Waals surface area contributed by atoms with Crippen LogP contribution in [0.5, 0.6) is 0 Å². The van der Waals surface area contributed by atoms with Crippen molar-refractivity contribution in [2.24, 2.45) is 0 Å². The molecule has 0 saturated carbocycles. The van der Waals surface area contributed by atoms with E-state index in [1.165, 1.54) is 12.1 Å². The summed E-state index contributed by atoms with van der Waals surface area (Å²) in [5.41, 5.74) is 3.18. The monoisotopic (exact) mass is 210 g/mol. The predicted octanol–water partition coefficient (Wildman–Crippen LogP) is 2.74. The fourth-order valence-electron chi connectivity index (χ4n) is 0.863. The van der Waals surface area contributed by atoms with E-state index < -0.39 is 4.92 Å². The number of nitrogens with zero attached hydrogens (tertiary/aromatic N) is 1. The first-order chi connectivity index (χ1) is 6.88. The summed E-state index contributed by atoms with van der Waals surface area (Å²) in [6, 6.07) is 6.05. The highest BCUT2D eigenvalue weighted by atomic mass is 16.7. The maximum absolute atomic E-state index is 10.4. The van der Waals surface area contributed by atoms with E-state index in [0.29, 0.717) is 5.69 Å². The van der Waals surface area contributed by atoms with Gasteiger partial charge in [-0.05, 0) is 32.9 Å². The standard InChI is InChI=1S/C10H14N2O3/c1-10(2,3)15-11-8-4-6-9(7-5-8)12(13)14/h4-7,11H,1-3H3. The van der Waals surface area contributed by atoms with Crippen LogP contribution in [0.1, 0.15) is 20.8 Å². The Balaban J connectivity index is 2.61. The maximum atomic E-state index is 10.4. The molecule has 0 aliphatic rings. The quantitative estimate of drug-likeness (QED) is 0.615. The number of nitrogens with one attached hydrogen (secondary N) is 1. The molecule has 1 aromatic rings. The van der Waals surface area contributed by atoms with Crippen LogP contribution in [0, 0.1) is 10.1 Å².